The van der Waals surface area contributed by atoms with Crippen molar-refractivity contribution >= 4 is 17.3 Å². The van der Waals surface area contributed by atoms with Crippen LogP contribution in [0.1, 0.15) is 15.9 Å². The van der Waals surface area contributed by atoms with Crippen LogP contribution in [0.3, 0.4) is 0 Å². The molecule has 2 N–H and O–H groups in total. The summed E-state index contributed by atoms with van der Waals surface area (Å²) in [7, 11) is 4.75. The van der Waals surface area contributed by atoms with Gasteiger partial charge >= 0.3 is 0 Å². The average molecular weight is 393 g/mol. The van der Waals surface area contributed by atoms with Crippen LogP contribution in [0.25, 0.3) is 0 Å². The molecule has 3 rings (SSSR count). The Bertz CT molecular complexity index is 991. The van der Waals surface area contributed by atoms with Crippen LogP contribution in [-0.4, -0.2) is 32.2 Å². The topological polar surface area (TPSA) is 81.7 Å². The number of ether oxygens (including phenoxy) is 3. The molecule has 0 saturated carbocycles. The van der Waals surface area contributed by atoms with E-state index in [-0.39, 0.29) is 5.91 Å². The maximum absolute atomic E-state index is 12.6. The molecule has 0 atom stereocenters. The largest absolute Gasteiger partial charge is 0.496 e. The van der Waals surface area contributed by atoms with Gasteiger partial charge in [-0.05, 0) is 24.3 Å². The third kappa shape index (κ3) is 4.95. The van der Waals surface area contributed by atoms with Gasteiger partial charge in [-0.2, -0.15) is 0 Å². The number of methoxy groups -OCH3 is 3. The predicted octanol–water partition coefficient (Wildman–Crippen LogP) is 3.97. The standard InChI is InChI=1S/C22H23N3O4/c1-27-19-7-5-4-6-15(19)13-24-18-10-16(12-23-14-18)22(26)25-17-8-9-20(28-2)21(11-17)29-3/h4-12,14,24H,13H2,1-3H3,(H,25,26). The smallest absolute Gasteiger partial charge is 0.257 e. The number of hydrogen-bond acceptors (Lipinski definition) is 6. The minimum atomic E-state index is -0.273. The molecule has 3 aromatic rings. The number of amides is 1. The lowest BCUT2D eigenvalue weighted by Crippen LogP contribution is -2.13. The number of anilines is 2. The van der Waals surface area contributed by atoms with Gasteiger partial charge in [-0.3, -0.25) is 9.78 Å². The van der Waals surface area contributed by atoms with E-state index >= 15 is 0 Å². The molecule has 1 heterocycles. The molecule has 0 radical (unpaired) electrons. The lowest BCUT2D eigenvalue weighted by atomic mass is 10.2. The van der Waals surface area contributed by atoms with Gasteiger partial charge in [0.05, 0.1) is 32.6 Å². The van der Waals surface area contributed by atoms with E-state index in [9.17, 15) is 4.79 Å². The van der Waals surface area contributed by atoms with E-state index in [1.54, 1.807) is 51.8 Å². The molecule has 7 nitrogen and oxygen atoms in total. The highest BCUT2D eigenvalue weighted by molar-refractivity contribution is 6.04. The fourth-order valence-electron chi connectivity index (χ4n) is 2.82. The molecule has 1 aromatic heterocycles. The first-order chi connectivity index (χ1) is 14.1. The summed E-state index contributed by atoms with van der Waals surface area (Å²) in [4.78, 5) is 16.8. The molecule has 0 aliphatic carbocycles. The molecule has 0 aliphatic heterocycles. The zero-order valence-electron chi connectivity index (χ0n) is 16.6. The fourth-order valence-corrected chi connectivity index (χ4v) is 2.82. The summed E-state index contributed by atoms with van der Waals surface area (Å²) >= 11 is 0. The number of para-hydroxylation sites is 1. The molecule has 0 aliphatic rings. The molecule has 150 valence electrons. The number of pyridine rings is 1. The van der Waals surface area contributed by atoms with E-state index in [4.69, 9.17) is 14.2 Å². The molecule has 0 fully saturated rings. The number of nitrogens with zero attached hydrogens (tertiary/aromatic N) is 1. The fraction of sp³-hybridized carbons (Fsp3) is 0.182. The number of nitrogens with one attached hydrogen (secondary N) is 2. The Labute approximate surface area is 169 Å². The van der Waals surface area contributed by atoms with Crippen LogP contribution in [-0.2, 0) is 6.54 Å². The van der Waals surface area contributed by atoms with Gasteiger partial charge in [-0.15, -0.1) is 0 Å². The van der Waals surface area contributed by atoms with Crippen LogP contribution in [0, 0.1) is 0 Å². The molecule has 0 unspecified atom stereocenters. The Hall–Kier alpha value is -3.74. The molecular weight excluding hydrogens is 370 g/mol. The second-order valence-electron chi connectivity index (χ2n) is 6.15. The number of carbonyl (C=O) groups is 1. The number of carbonyl (C=O) groups excluding carboxylic acids is 1. The van der Waals surface area contributed by atoms with E-state index in [2.05, 4.69) is 15.6 Å². The SMILES string of the molecule is COc1ccccc1CNc1cncc(C(=O)Nc2ccc(OC)c(OC)c2)c1. The van der Waals surface area contributed by atoms with Gasteiger partial charge in [0.2, 0.25) is 0 Å². The van der Waals surface area contributed by atoms with E-state index in [0.717, 1.165) is 17.0 Å². The van der Waals surface area contributed by atoms with Gasteiger partial charge in [0, 0.05) is 36.3 Å². The second-order valence-corrected chi connectivity index (χ2v) is 6.15. The van der Waals surface area contributed by atoms with Gasteiger partial charge in [0.15, 0.2) is 11.5 Å². The quantitative estimate of drug-likeness (QED) is 0.603. The first-order valence-electron chi connectivity index (χ1n) is 8.98. The van der Waals surface area contributed by atoms with Gasteiger partial charge in [-0.25, -0.2) is 0 Å². The number of benzene rings is 2. The van der Waals surface area contributed by atoms with Crippen LogP contribution >= 0.6 is 0 Å². The van der Waals surface area contributed by atoms with Crippen molar-refractivity contribution in [1.82, 2.24) is 4.98 Å². The number of rotatable bonds is 8. The van der Waals surface area contributed by atoms with Gasteiger partial charge in [0.25, 0.3) is 5.91 Å². The maximum Gasteiger partial charge on any atom is 0.257 e. The summed E-state index contributed by atoms with van der Waals surface area (Å²) in [5, 5.41) is 6.11. The Morgan fingerprint density at radius 2 is 1.62 bits per heavy atom. The lowest BCUT2D eigenvalue weighted by Gasteiger charge is -2.12. The van der Waals surface area contributed by atoms with Crippen LogP contribution < -0.4 is 24.8 Å². The minimum absolute atomic E-state index is 0.273. The van der Waals surface area contributed by atoms with E-state index < -0.39 is 0 Å². The Morgan fingerprint density at radius 1 is 0.862 bits per heavy atom. The van der Waals surface area contributed by atoms with Crippen molar-refractivity contribution in [3.05, 3.63) is 72.1 Å². The predicted molar refractivity (Wildman–Crippen MR) is 112 cm³/mol. The van der Waals surface area contributed by atoms with Crippen molar-refractivity contribution in [2.24, 2.45) is 0 Å². The van der Waals surface area contributed by atoms with E-state index in [0.29, 0.717) is 29.3 Å². The molecule has 0 bridgehead atoms. The summed E-state index contributed by atoms with van der Waals surface area (Å²) in [6.45, 7) is 0.548. The van der Waals surface area contributed by atoms with Crippen molar-refractivity contribution in [1.29, 1.82) is 0 Å². The van der Waals surface area contributed by atoms with Crippen molar-refractivity contribution in [2.75, 3.05) is 32.0 Å². The molecule has 0 saturated heterocycles. The molecule has 1 amide bonds. The van der Waals surface area contributed by atoms with Gasteiger partial charge in [-0.1, -0.05) is 18.2 Å². The molecule has 29 heavy (non-hydrogen) atoms. The van der Waals surface area contributed by atoms with Crippen molar-refractivity contribution in [3.8, 4) is 17.2 Å². The molecule has 2 aromatic carbocycles. The highest BCUT2D eigenvalue weighted by Gasteiger charge is 2.11. The third-order valence-electron chi connectivity index (χ3n) is 4.32. The van der Waals surface area contributed by atoms with Crippen molar-refractivity contribution in [3.63, 3.8) is 0 Å². The zero-order chi connectivity index (χ0) is 20.6. The normalized spacial score (nSPS) is 10.2. The van der Waals surface area contributed by atoms with E-state index in [1.807, 2.05) is 24.3 Å². The van der Waals surface area contributed by atoms with Crippen LogP contribution in [0.4, 0.5) is 11.4 Å². The molecular formula is C22H23N3O4. The van der Waals surface area contributed by atoms with Crippen molar-refractivity contribution in [2.45, 2.75) is 6.54 Å². The van der Waals surface area contributed by atoms with Gasteiger partial charge in [0.1, 0.15) is 5.75 Å². The van der Waals surface area contributed by atoms with Gasteiger partial charge < -0.3 is 24.8 Å². The van der Waals surface area contributed by atoms with Crippen LogP contribution in [0.5, 0.6) is 17.2 Å². The highest BCUT2D eigenvalue weighted by Crippen LogP contribution is 2.30. The number of hydrogen-bond donors (Lipinski definition) is 2. The summed E-state index contributed by atoms with van der Waals surface area (Å²) in [6.07, 6.45) is 3.19. The summed E-state index contributed by atoms with van der Waals surface area (Å²) in [5.74, 6) is 1.66. The second kappa shape index (κ2) is 9.45. The van der Waals surface area contributed by atoms with Crippen LogP contribution in [0.2, 0.25) is 0 Å². The Morgan fingerprint density at radius 3 is 2.38 bits per heavy atom. The van der Waals surface area contributed by atoms with Crippen molar-refractivity contribution < 1.29 is 19.0 Å². The molecule has 0 spiro atoms. The maximum atomic E-state index is 12.6. The Kier molecular flexibility index (Phi) is 6.52. The summed E-state index contributed by atoms with van der Waals surface area (Å²) < 4.78 is 15.8. The third-order valence-corrected chi connectivity index (χ3v) is 4.32. The minimum Gasteiger partial charge on any atom is -0.496 e. The summed E-state index contributed by atoms with van der Waals surface area (Å²) in [6, 6.07) is 14.7. The highest BCUT2D eigenvalue weighted by atomic mass is 16.5. The summed E-state index contributed by atoms with van der Waals surface area (Å²) in [5.41, 5.74) is 2.77. The monoisotopic (exact) mass is 393 g/mol. The molecule has 7 heteroatoms. The number of aromatic nitrogens is 1. The Balaban J connectivity index is 1.69. The lowest BCUT2D eigenvalue weighted by molar-refractivity contribution is 0.102. The van der Waals surface area contributed by atoms with E-state index in [1.165, 1.54) is 6.20 Å². The first kappa shape index (κ1) is 20.0. The first-order valence-corrected chi connectivity index (χ1v) is 8.98. The van der Waals surface area contributed by atoms with Crippen LogP contribution in [0.15, 0.2) is 60.9 Å². The zero-order valence-corrected chi connectivity index (χ0v) is 16.6. The average Bonchev–Trinajstić information content (AvgIpc) is 2.77.